The smallest absolute Gasteiger partial charge is 0.242 e. The number of aromatic nitrogens is 2. The van der Waals surface area contributed by atoms with E-state index in [0.717, 1.165) is 45.1 Å². The Bertz CT molecular complexity index is 469. The fraction of sp³-hybridized carbons (Fsp3) is 0.714. The van der Waals surface area contributed by atoms with Gasteiger partial charge in [0.05, 0.1) is 19.3 Å². The molecule has 0 aliphatic carbocycles. The largest absolute Gasteiger partial charge is 0.375 e. The molecule has 2 aliphatic rings. The van der Waals surface area contributed by atoms with Crippen molar-refractivity contribution >= 4 is 43.1 Å². The Morgan fingerprint density at radius 1 is 1.29 bits per heavy atom. The molecule has 2 saturated heterocycles. The summed E-state index contributed by atoms with van der Waals surface area (Å²) in [5.41, 5.74) is 0. The molecule has 0 spiro atoms. The van der Waals surface area contributed by atoms with Gasteiger partial charge in [0.15, 0.2) is 0 Å². The number of carbonyl (C=O) groups is 1. The van der Waals surface area contributed by atoms with Crippen molar-refractivity contribution in [1.29, 1.82) is 0 Å². The predicted octanol–water partition coefficient (Wildman–Crippen LogP) is 0.696. The van der Waals surface area contributed by atoms with Crippen LogP contribution in [0.4, 0.5) is 0 Å². The number of hydrogen-bond acceptors (Lipinski definition) is 5. The van der Waals surface area contributed by atoms with Gasteiger partial charge in [0.25, 0.3) is 0 Å². The summed E-state index contributed by atoms with van der Waals surface area (Å²) in [7, 11) is 0. The zero-order valence-electron chi connectivity index (χ0n) is 13.6. The van der Waals surface area contributed by atoms with E-state index in [1.54, 1.807) is 6.20 Å². The summed E-state index contributed by atoms with van der Waals surface area (Å²) in [5.74, 6) is 1.14. The molecule has 1 amide bonds. The number of halogens is 3. The lowest BCUT2D eigenvalue weighted by Crippen LogP contribution is -2.59. The van der Waals surface area contributed by atoms with E-state index in [9.17, 15) is 4.79 Å². The van der Waals surface area contributed by atoms with Gasteiger partial charge in [0.1, 0.15) is 11.9 Å². The second-order valence-electron chi connectivity index (χ2n) is 5.65. The Hall–Kier alpha value is -0.570. The Morgan fingerprint density at radius 2 is 2.00 bits per heavy atom. The van der Waals surface area contributed by atoms with Crippen molar-refractivity contribution < 1.29 is 9.53 Å². The van der Waals surface area contributed by atoms with Gasteiger partial charge in [0, 0.05) is 45.1 Å². The van der Waals surface area contributed by atoms with E-state index in [0.29, 0.717) is 6.61 Å². The molecule has 0 bridgehead atoms. The number of nitrogens with zero attached hydrogens (tertiary/aromatic N) is 3. The summed E-state index contributed by atoms with van der Waals surface area (Å²) >= 11 is 0. The van der Waals surface area contributed by atoms with Gasteiger partial charge in [-0.05, 0) is 6.92 Å². The van der Waals surface area contributed by atoms with E-state index >= 15 is 0 Å². The molecule has 2 N–H and O–H groups in total. The highest BCUT2D eigenvalue weighted by atomic mass is 35.5. The van der Waals surface area contributed by atoms with E-state index in [1.165, 1.54) is 0 Å². The average molecular weight is 403 g/mol. The van der Waals surface area contributed by atoms with E-state index in [2.05, 4.69) is 20.2 Å². The van der Waals surface area contributed by atoms with Crippen LogP contribution in [0.3, 0.4) is 0 Å². The molecule has 2 fully saturated rings. The zero-order chi connectivity index (χ0) is 14.7. The van der Waals surface area contributed by atoms with Gasteiger partial charge in [-0.25, -0.2) is 4.98 Å². The first kappa shape index (κ1) is 23.4. The SMILES string of the molecule is C[C@H]1OCCN[C@@H]1C(=O)N1CCN(Cc2ncc[nH]2)CC1.Cl.Cl.Cl. The monoisotopic (exact) mass is 401 g/mol. The van der Waals surface area contributed by atoms with E-state index in [-0.39, 0.29) is 55.3 Å². The molecule has 10 heteroatoms. The molecule has 0 radical (unpaired) electrons. The molecule has 1 aromatic heterocycles. The van der Waals surface area contributed by atoms with Crippen LogP contribution in [0.15, 0.2) is 12.4 Å². The Balaban J connectivity index is 0.00000176. The maximum Gasteiger partial charge on any atom is 0.242 e. The number of carbonyl (C=O) groups excluding carboxylic acids is 1. The van der Waals surface area contributed by atoms with Gasteiger partial charge in [-0.3, -0.25) is 9.69 Å². The summed E-state index contributed by atoms with van der Waals surface area (Å²) in [6.07, 6.45) is 3.56. The number of amides is 1. The number of aromatic amines is 1. The third kappa shape index (κ3) is 5.75. The van der Waals surface area contributed by atoms with Crippen LogP contribution in [0.1, 0.15) is 12.7 Å². The topological polar surface area (TPSA) is 73.5 Å². The molecule has 7 nitrogen and oxygen atoms in total. The van der Waals surface area contributed by atoms with Crippen LogP contribution >= 0.6 is 37.2 Å². The standard InChI is InChI=1S/C14H23N5O2.3ClH/c1-11-13(17-4-9-21-11)14(20)19-7-5-18(6-8-19)10-12-15-2-3-16-12;;;/h2-3,11,13,17H,4-10H2,1H3,(H,15,16);3*1H/t11-,13+;;;/m1.../s1. The first-order chi connectivity index (χ1) is 10.2. The van der Waals surface area contributed by atoms with Crippen LogP contribution < -0.4 is 5.32 Å². The molecule has 2 atom stereocenters. The minimum absolute atomic E-state index is 0. The number of hydrogen-bond donors (Lipinski definition) is 2. The lowest BCUT2D eigenvalue weighted by Gasteiger charge is -2.38. The normalized spacial score (nSPS) is 24.3. The van der Waals surface area contributed by atoms with Gasteiger partial charge < -0.3 is 19.9 Å². The molecule has 0 aromatic carbocycles. The number of ether oxygens (including phenoxy) is 1. The number of imidazole rings is 1. The molecule has 1 aromatic rings. The molecule has 0 unspecified atom stereocenters. The van der Waals surface area contributed by atoms with E-state index < -0.39 is 0 Å². The first-order valence-electron chi connectivity index (χ1n) is 7.58. The quantitative estimate of drug-likeness (QED) is 0.778. The molecule has 24 heavy (non-hydrogen) atoms. The van der Waals surface area contributed by atoms with E-state index in [4.69, 9.17) is 4.74 Å². The van der Waals surface area contributed by atoms with Crippen LogP contribution in [0.2, 0.25) is 0 Å². The fourth-order valence-electron chi connectivity index (χ4n) is 2.93. The number of morpholine rings is 1. The fourth-order valence-corrected chi connectivity index (χ4v) is 2.93. The highest BCUT2D eigenvalue weighted by Gasteiger charge is 2.33. The van der Waals surface area contributed by atoms with Gasteiger partial charge >= 0.3 is 0 Å². The minimum atomic E-state index is -0.199. The predicted molar refractivity (Wildman–Crippen MR) is 99.4 cm³/mol. The first-order valence-corrected chi connectivity index (χ1v) is 7.58. The third-order valence-electron chi connectivity index (χ3n) is 4.19. The Labute approximate surface area is 161 Å². The van der Waals surface area contributed by atoms with Crippen LogP contribution in [0.5, 0.6) is 0 Å². The lowest BCUT2D eigenvalue weighted by molar-refractivity contribution is -0.141. The van der Waals surface area contributed by atoms with Crippen molar-refractivity contribution in [3.63, 3.8) is 0 Å². The van der Waals surface area contributed by atoms with Gasteiger partial charge in [0.2, 0.25) is 5.91 Å². The lowest BCUT2D eigenvalue weighted by atomic mass is 10.1. The third-order valence-corrected chi connectivity index (χ3v) is 4.19. The molecular formula is C14H26Cl3N5O2. The highest BCUT2D eigenvalue weighted by Crippen LogP contribution is 2.11. The second-order valence-corrected chi connectivity index (χ2v) is 5.65. The van der Waals surface area contributed by atoms with Crippen molar-refractivity contribution in [3.8, 4) is 0 Å². The van der Waals surface area contributed by atoms with Gasteiger partial charge in [-0.15, -0.1) is 37.2 Å². The van der Waals surface area contributed by atoms with E-state index in [1.807, 2.05) is 18.0 Å². The van der Waals surface area contributed by atoms with Crippen LogP contribution in [0, 0.1) is 0 Å². The van der Waals surface area contributed by atoms with Gasteiger partial charge in [-0.1, -0.05) is 0 Å². The number of H-pyrrole nitrogens is 1. The van der Waals surface area contributed by atoms with Crippen LogP contribution in [-0.4, -0.2) is 77.2 Å². The highest BCUT2D eigenvalue weighted by molar-refractivity contribution is 5.86. The van der Waals surface area contributed by atoms with Crippen molar-refractivity contribution in [2.24, 2.45) is 0 Å². The molecule has 3 rings (SSSR count). The van der Waals surface area contributed by atoms with Crippen LogP contribution in [0.25, 0.3) is 0 Å². The minimum Gasteiger partial charge on any atom is -0.375 e. The second kappa shape index (κ2) is 11.1. The molecule has 140 valence electrons. The summed E-state index contributed by atoms with van der Waals surface area (Å²) in [6, 6.07) is -0.199. The number of piperazine rings is 1. The molecule has 2 aliphatic heterocycles. The summed E-state index contributed by atoms with van der Waals surface area (Å²) < 4.78 is 5.56. The van der Waals surface area contributed by atoms with Crippen molar-refractivity contribution in [3.05, 3.63) is 18.2 Å². The summed E-state index contributed by atoms with van der Waals surface area (Å²) in [4.78, 5) is 24.2. The van der Waals surface area contributed by atoms with Crippen molar-refractivity contribution in [2.75, 3.05) is 39.3 Å². The van der Waals surface area contributed by atoms with Crippen molar-refractivity contribution in [1.82, 2.24) is 25.1 Å². The summed E-state index contributed by atoms with van der Waals surface area (Å²) in [5, 5.41) is 3.27. The average Bonchev–Trinajstić information content (AvgIpc) is 3.01. The van der Waals surface area contributed by atoms with Crippen molar-refractivity contribution in [2.45, 2.75) is 25.6 Å². The molecule has 0 saturated carbocycles. The maximum absolute atomic E-state index is 12.5. The number of rotatable bonds is 3. The number of nitrogens with one attached hydrogen (secondary N) is 2. The maximum atomic E-state index is 12.5. The zero-order valence-corrected chi connectivity index (χ0v) is 16.1. The van der Waals surface area contributed by atoms with Crippen LogP contribution in [-0.2, 0) is 16.1 Å². The molecular weight excluding hydrogens is 377 g/mol. The summed E-state index contributed by atoms with van der Waals surface area (Å²) in [6.45, 7) is 7.51. The van der Waals surface area contributed by atoms with Gasteiger partial charge in [-0.2, -0.15) is 0 Å². The Kier molecular flexibility index (Phi) is 10.9. The Morgan fingerprint density at radius 3 is 2.58 bits per heavy atom. The molecule has 3 heterocycles.